The monoisotopic (exact) mass is 316 g/mol. The molecule has 124 valence electrons. The molecule has 5 heteroatoms. The van der Waals surface area contributed by atoms with Crippen LogP contribution in [0.15, 0.2) is 24.3 Å². The van der Waals surface area contributed by atoms with Crippen molar-refractivity contribution in [3.05, 3.63) is 35.4 Å². The van der Waals surface area contributed by atoms with Crippen LogP contribution in [0.4, 0.5) is 4.79 Å². The van der Waals surface area contributed by atoms with Crippen molar-refractivity contribution in [2.24, 2.45) is 5.92 Å². The van der Waals surface area contributed by atoms with E-state index < -0.39 is 0 Å². The van der Waals surface area contributed by atoms with Gasteiger partial charge in [-0.2, -0.15) is 0 Å². The van der Waals surface area contributed by atoms with Gasteiger partial charge in [0.15, 0.2) is 5.78 Å². The van der Waals surface area contributed by atoms with E-state index in [2.05, 4.69) is 0 Å². The smallest absolute Gasteiger partial charge is 0.320 e. The number of carbonyl (C=O) groups excluding carboxylic acids is 2. The van der Waals surface area contributed by atoms with Gasteiger partial charge in [0, 0.05) is 37.7 Å². The van der Waals surface area contributed by atoms with Gasteiger partial charge in [0.05, 0.1) is 13.2 Å². The second-order valence-electron chi connectivity index (χ2n) is 6.37. The Balaban J connectivity index is 1.54. The van der Waals surface area contributed by atoms with E-state index in [9.17, 15) is 9.59 Å². The van der Waals surface area contributed by atoms with Gasteiger partial charge >= 0.3 is 6.03 Å². The molecule has 2 amide bonds. The molecule has 1 aromatic rings. The van der Waals surface area contributed by atoms with Crippen LogP contribution in [0.5, 0.6) is 0 Å². The number of urea groups is 1. The van der Waals surface area contributed by atoms with Gasteiger partial charge in [0.1, 0.15) is 0 Å². The first-order valence-electron chi connectivity index (χ1n) is 8.37. The Morgan fingerprint density at radius 2 is 1.52 bits per heavy atom. The Kier molecular flexibility index (Phi) is 4.96. The van der Waals surface area contributed by atoms with Gasteiger partial charge < -0.3 is 14.5 Å². The lowest BCUT2D eigenvalue weighted by Crippen LogP contribution is -2.50. The summed E-state index contributed by atoms with van der Waals surface area (Å²) in [6.45, 7) is 5.92. The predicted octanol–water partition coefficient (Wildman–Crippen LogP) is 2.34. The number of morpholine rings is 1. The Bertz CT molecular complexity index is 556. The van der Waals surface area contributed by atoms with Crippen molar-refractivity contribution in [2.45, 2.75) is 19.8 Å². The molecule has 2 saturated heterocycles. The number of Topliss-reactive ketones (excluding diaryl/α,β-unsaturated/α-hetero) is 1. The first kappa shape index (κ1) is 16.0. The summed E-state index contributed by atoms with van der Waals surface area (Å²) < 4.78 is 5.29. The average Bonchev–Trinajstić information content (AvgIpc) is 2.62. The van der Waals surface area contributed by atoms with E-state index in [1.807, 2.05) is 41.0 Å². The molecule has 0 atom stereocenters. The number of rotatable bonds is 2. The summed E-state index contributed by atoms with van der Waals surface area (Å²) in [5.41, 5.74) is 1.95. The molecule has 0 bridgehead atoms. The van der Waals surface area contributed by atoms with Crippen molar-refractivity contribution < 1.29 is 14.3 Å². The zero-order valence-electron chi connectivity index (χ0n) is 13.7. The third kappa shape index (κ3) is 3.72. The number of hydrogen-bond acceptors (Lipinski definition) is 3. The second-order valence-corrected chi connectivity index (χ2v) is 6.37. The lowest BCUT2D eigenvalue weighted by Gasteiger charge is -2.36. The Hall–Kier alpha value is -1.88. The number of nitrogens with zero attached hydrogens (tertiary/aromatic N) is 2. The summed E-state index contributed by atoms with van der Waals surface area (Å²) in [6.07, 6.45) is 1.51. The molecule has 2 heterocycles. The Labute approximate surface area is 137 Å². The highest BCUT2D eigenvalue weighted by molar-refractivity contribution is 5.98. The molecular weight excluding hydrogens is 292 g/mol. The highest BCUT2D eigenvalue weighted by Gasteiger charge is 2.30. The SMILES string of the molecule is Cc1ccc(C(=O)C2CCN(C(=O)N3CCOCC3)CC2)cc1. The fourth-order valence-electron chi connectivity index (χ4n) is 3.24. The summed E-state index contributed by atoms with van der Waals surface area (Å²) in [4.78, 5) is 28.7. The van der Waals surface area contributed by atoms with Gasteiger partial charge in [0.25, 0.3) is 0 Å². The van der Waals surface area contributed by atoms with Crippen LogP contribution in [0.3, 0.4) is 0 Å². The predicted molar refractivity (Wildman–Crippen MR) is 87.6 cm³/mol. The van der Waals surface area contributed by atoms with Crippen molar-refractivity contribution in [1.82, 2.24) is 9.80 Å². The first-order valence-corrected chi connectivity index (χ1v) is 8.37. The van der Waals surface area contributed by atoms with Crippen LogP contribution in [0.1, 0.15) is 28.8 Å². The number of amides is 2. The van der Waals surface area contributed by atoms with Crippen LogP contribution in [-0.2, 0) is 4.74 Å². The minimum atomic E-state index is 0.0337. The number of likely N-dealkylation sites (tertiary alicyclic amines) is 1. The summed E-state index contributed by atoms with van der Waals surface area (Å²) in [6, 6.07) is 7.86. The molecule has 0 spiro atoms. The normalized spacial score (nSPS) is 19.7. The van der Waals surface area contributed by atoms with Crippen LogP contribution < -0.4 is 0 Å². The highest BCUT2D eigenvalue weighted by Crippen LogP contribution is 2.23. The fraction of sp³-hybridized carbons (Fsp3) is 0.556. The third-order valence-electron chi connectivity index (χ3n) is 4.75. The molecule has 2 fully saturated rings. The van der Waals surface area contributed by atoms with Gasteiger partial charge in [-0.25, -0.2) is 4.79 Å². The van der Waals surface area contributed by atoms with Gasteiger partial charge in [-0.05, 0) is 19.8 Å². The lowest BCUT2D eigenvalue weighted by molar-refractivity contribution is 0.0397. The van der Waals surface area contributed by atoms with Crippen LogP contribution in [0.25, 0.3) is 0 Å². The summed E-state index contributed by atoms with van der Waals surface area (Å²) >= 11 is 0. The Morgan fingerprint density at radius 3 is 2.13 bits per heavy atom. The molecule has 5 nitrogen and oxygen atoms in total. The third-order valence-corrected chi connectivity index (χ3v) is 4.75. The number of ether oxygens (including phenoxy) is 1. The minimum Gasteiger partial charge on any atom is -0.378 e. The number of carbonyl (C=O) groups is 2. The molecule has 2 aliphatic rings. The van der Waals surface area contributed by atoms with Crippen molar-refractivity contribution in [3.8, 4) is 0 Å². The van der Waals surface area contributed by atoms with Crippen molar-refractivity contribution in [2.75, 3.05) is 39.4 Å². The molecular formula is C18H24N2O3. The van der Waals surface area contributed by atoms with Gasteiger partial charge in [0.2, 0.25) is 0 Å². The summed E-state index contributed by atoms with van der Waals surface area (Å²) in [5.74, 6) is 0.245. The minimum absolute atomic E-state index is 0.0337. The quantitative estimate of drug-likeness (QED) is 0.787. The molecule has 2 aliphatic heterocycles. The zero-order chi connectivity index (χ0) is 16.2. The van der Waals surface area contributed by atoms with E-state index in [-0.39, 0.29) is 17.7 Å². The van der Waals surface area contributed by atoms with Crippen LogP contribution in [0, 0.1) is 12.8 Å². The molecule has 23 heavy (non-hydrogen) atoms. The summed E-state index contributed by atoms with van der Waals surface area (Å²) in [7, 11) is 0. The van der Waals surface area contributed by atoms with Gasteiger partial charge in [-0.1, -0.05) is 29.8 Å². The van der Waals surface area contributed by atoms with E-state index in [0.29, 0.717) is 39.4 Å². The van der Waals surface area contributed by atoms with E-state index in [1.54, 1.807) is 0 Å². The highest BCUT2D eigenvalue weighted by atomic mass is 16.5. The number of piperidine rings is 1. The zero-order valence-corrected chi connectivity index (χ0v) is 13.7. The molecule has 0 saturated carbocycles. The fourth-order valence-corrected chi connectivity index (χ4v) is 3.24. The molecule has 3 rings (SSSR count). The first-order chi connectivity index (χ1) is 11.1. The van der Waals surface area contributed by atoms with Gasteiger partial charge in [-0.3, -0.25) is 4.79 Å². The van der Waals surface area contributed by atoms with Crippen LogP contribution >= 0.6 is 0 Å². The Morgan fingerprint density at radius 1 is 0.957 bits per heavy atom. The van der Waals surface area contributed by atoms with E-state index in [0.717, 1.165) is 24.0 Å². The molecule has 0 N–H and O–H groups in total. The maximum atomic E-state index is 12.6. The largest absolute Gasteiger partial charge is 0.378 e. The van der Waals surface area contributed by atoms with E-state index in [1.165, 1.54) is 0 Å². The number of hydrogen-bond donors (Lipinski definition) is 0. The van der Waals surface area contributed by atoms with Crippen molar-refractivity contribution >= 4 is 11.8 Å². The lowest BCUT2D eigenvalue weighted by atomic mass is 9.89. The van der Waals surface area contributed by atoms with Gasteiger partial charge in [-0.15, -0.1) is 0 Å². The number of ketones is 1. The standard InChI is InChI=1S/C18H24N2O3/c1-14-2-4-15(5-3-14)17(21)16-6-8-19(9-7-16)18(22)20-10-12-23-13-11-20/h2-5,16H,6-13H2,1H3. The van der Waals surface area contributed by atoms with Crippen molar-refractivity contribution in [3.63, 3.8) is 0 Å². The molecule has 1 aromatic carbocycles. The average molecular weight is 316 g/mol. The van der Waals surface area contributed by atoms with E-state index >= 15 is 0 Å². The maximum Gasteiger partial charge on any atom is 0.320 e. The number of benzene rings is 1. The summed E-state index contributed by atoms with van der Waals surface area (Å²) in [5, 5.41) is 0. The maximum absolute atomic E-state index is 12.6. The topological polar surface area (TPSA) is 49.9 Å². The van der Waals surface area contributed by atoms with Crippen molar-refractivity contribution in [1.29, 1.82) is 0 Å². The molecule has 0 aromatic heterocycles. The van der Waals surface area contributed by atoms with Crippen LogP contribution in [-0.4, -0.2) is 61.0 Å². The number of aryl methyl sites for hydroxylation is 1. The molecule has 0 radical (unpaired) electrons. The molecule has 0 unspecified atom stereocenters. The van der Waals surface area contributed by atoms with E-state index in [4.69, 9.17) is 4.74 Å². The second kappa shape index (κ2) is 7.13. The molecule has 0 aliphatic carbocycles. The van der Waals surface area contributed by atoms with Crippen LogP contribution in [0.2, 0.25) is 0 Å².